The minimum Gasteiger partial charge on any atom is -0.497 e. The van der Waals surface area contributed by atoms with Crippen LogP contribution in [0.3, 0.4) is 0 Å². The van der Waals surface area contributed by atoms with E-state index in [0.717, 1.165) is 11.3 Å². The third-order valence-electron chi connectivity index (χ3n) is 3.50. The van der Waals surface area contributed by atoms with Crippen molar-refractivity contribution >= 4 is 29.1 Å². The number of methoxy groups -OCH3 is 1. The number of rotatable bonds is 5. The summed E-state index contributed by atoms with van der Waals surface area (Å²) in [7, 11) is 1.62. The van der Waals surface area contributed by atoms with Crippen molar-refractivity contribution in [3.05, 3.63) is 54.0 Å². The van der Waals surface area contributed by atoms with Gasteiger partial charge in [-0.05, 0) is 36.8 Å². The van der Waals surface area contributed by atoms with E-state index in [-0.39, 0.29) is 11.2 Å². The van der Waals surface area contributed by atoms with Gasteiger partial charge in [-0.25, -0.2) is 0 Å². The van der Waals surface area contributed by atoms with Crippen molar-refractivity contribution in [3.8, 4) is 5.75 Å². The molecule has 0 unspecified atom stereocenters. The van der Waals surface area contributed by atoms with Crippen LogP contribution >= 0.6 is 11.8 Å². The van der Waals surface area contributed by atoms with Crippen LogP contribution in [0.5, 0.6) is 5.75 Å². The molecule has 124 valence electrons. The highest BCUT2D eigenvalue weighted by atomic mass is 32.2. The Kier molecular flexibility index (Phi) is 5.00. The number of thioether (sulfide) groups is 1. The Morgan fingerprint density at radius 1 is 1.33 bits per heavy atom. The van der Waals surface area contributed by atoms with Crippen molar-refractivity contribution in [2.45, 2.75) is 18.7 Å². The maximum absolute atomic E-state index is 12.4. The molecule has 0 radical (unpaired) electrons. The van der Waals surface area contributed by atoms with E-state index in [1.54, 1.807) is 30.4 Å². The first-order chi connectivity index (χ1) is 11.7. The van der Waals surface area contributed by atoms with Gasteiger partial charge in [0, 0.05) is 0 Å². The Balaban J connectivity index is 1.75. The molecule has 0 aliphatic carbocycles. The molecular weight excluding hydrogens is 326 g/mol. The predicted molar refractivity (Wildman–Crippen MR) is 94.3 cm³/mol. The van der Waals surface area contributed by atoms with Gasteiger partial charge in [0.25, 0.3) is 0 Å². The van der Waals surface area contributed by atoms with Crippen molar-refractivity contribution in [2.75, 3.05) is 7.11 Å². The highest BCUT2D eigenvalue weighted by molar-refractivity contribution is 8.15. The molecule has 1 aromatic carbocycles. The zero-order valence-electron chi connectivity index (χ0n) is 13.4. The van der Waals surface area contributed by atoms with Gasteiger partial charge in [0.2, 0.25) is 5.91 Å². The quantitative estimate of drug-likeness (QED) is 0.618. The van der Waals surface area contributed by atoms with Crippen LogP contribution in [0.25, 0.3) is 0 Å². The summed E-state index contributed by atoms with van der Waals surface area (Å²) in [6, 6.07) is 11.2. The molecule has 1 saturated heterocycles. The number of hydrogen-bond acceptors (Lipinski definition) is 6. The van der Waals surface area contributed by atoms with E-state index in [2.05, 4.69) is 10.2 Å². The molecule has 6 nitrogen and oxygen atoms in total. The van der Waals surface area contributed by atoms with Crippen LogP contribution in [-0.2, 0) is 11.3 Å². The molecular formula is C17H17N3O3S. The number of amidine groups is 1. The molecule has 1 amide bonds. The first-order valence-electron chi connectivity index (χ1n) is 7.43. The van der Waals surface area contributed by atoms with E-state index in [4.69, 9.17) is 9.15 Å². The fourth-order valence-corrected chi connectivity index (χ4v) is 3.14. The van der Waals surface area contributed by atoms with Gasteiger partial charge >= 0.3 is 0 Å². The van der Waals surface area contributed by atoms with Crippen LogP contribution in [0, 0.1) is 0 Å². The van der Waals surface area contributed by atoms with Gasteiger partial charge in [-0.1, -0.05) is 23.9 Å². The topological polar surface area (TPSA) is 67.4 Å². The number of ether oxygens (including phenoxy) is 1. The van der Waals surface area contributed by atoms with Crippen molar-refractivity contribution in [1.82, 2.24) is 4.90 Å². The highest BCUT2D eigenvalue weighted by Crippen LogP contribution is 2.28. The summed E-state index contributed by atoms with van der Waals surface area (Å²) in [5.41, 5.74) is 1.00. The van der Waals surface area contributed by atoms with Crippen LogP contribution in [-0.4, -0.2) is 34.5 Å². The lowest BCUT2D eigenvalue weighted by atomic mass is 10.2. The van der Waals surface area contributed by atoms with Crippen molar-refractivity contribution < 1.29 is 13.9 Å². The number of nitrogens with zero attached hydrogens (tertiary/aromatic N) is 3. The van der Waals surface area contributed by atoms with Crippen molar-refractivity contribution in [1.29, 1.82) is 0 Å². The lowest BCUT2D eigenvalue weighted by Gasteiger charge is -2.15. The molecule has 2 heterocycles. The Hall–Kier alpha value is -2.54. The number of amides is 1. The minimum absolute atomic E-state index is 0.0303. The van der Waals surface area contributed by atoms with Gasteiger partial charge in [0.15, 0.2) is 5.17 Å². The van der Waals surface area contributed by atoms with Crippen LogP contribution < -0.4 is 4.74 Å². The van der Waals surface area contributed by atoms with E-state index in [1.165, 1.54) is 18.0 Å². The SMILES string of the molecule is COc1ccc(CN2C(=O)[C@@H](C)S/C2=N/N=C\c2ccco2)cc1. The molecule has 1 aliphatic heterocycles. The highest BCUT2D eigenvalue weighted by Gasteiger charge is 2.35. The molecule has 1 aliphatic rings. The molecule has 1 atom stereocenters. The number of hydrogen-bond donors (Lipinski definition) is 0. The molecule has 0 spiro atoms. The van der Waals surface area contributed by atoms with Gasteiger partial charge in [-0.15, -0.1) is 5.10 Å². The van der Waals surface area contributed by atoms with Crippen LogP contribution in [0.4, 0.5) is 0 Å². The lowest BCUT2D eigenvalue weighted by molar-refractivity contribution is -0.126. The van der Waals surface area contributed by atoms with Gasteiger partial charge in [0.05, 0.1) is 31.4 Å². The summed E-state index contributed by atoms with van der Waals surface area (Å²) in [5.74, 6) is 1.43. The normalized spacial score (nSPS) is 19.6. The van der Waals surface area contributed by atoms with Crippen LogP contribution in [0.1, 0.15) is 18.2 Å². The smallest absolute Gasteiger partial charge is 0.242 e. The summed E-state index contributed by atoms with van der Waals surface area (Å²) in [6.45, 7) is 2.32. The second kappa shape index (κ2) is 7.35. The maximum atomic E-state index is 12.4. The molecule has 3 rings (SSSR count). The first kappa shape index (κ1) is 16.3. The third-order valence-corrected chi connectivity index (χ3v) is 4.57. The lowest BCUT2D eigenvalue weighted by Crippen LogP contribution is -2.30. The molecule has 0 bridgehead atoms. The van der Waals surface area contributed by atoms with Gasteiger partial charge < -0.3 is 9.15 Å². The largest absolute Gasteiger partial charge is 0.497 e. The number of carbonyl (C=O) groups is 1. The molecule has 2 aromatic rings. The van der Waals surface area contributed by atoms with E-state index < -0.39 is 0 Å². The molecule has 1 fully saturated rings. The van der Waals surface area contributed by atoms with E-state index in [1.807, 2.05) is 31.2 Å². The number of furan rings is 1. The molecule has 0 N–H and O–H groups in total. The molecule has 24 heavy (non-hydrogen) atoms. The van der Waals surface area contributed by atoms with Crippen LogP contribution in [0.15, 0.2) is 57.3 Å². The minimum atomic E-state index is -0.166. The Labute approximate surface area is 144 Å². The second-order valence-electron chi connectivity index (χ2n) is 5.18. The molecule has 1 aromatic heterocycles. The van der Waals surface area contributed by atoms with Crippen LogP contribution in [0.2, 0.25) is 0 Å². The average Bonchev–Trinajstić information content (AvgIpc) is 3.20. The Bertz CT molecular complexity index is 754. The maximum Gasteiger partial charge on any atom is 0.242 e. The summed E-state index contributed by atoms with van der Waals surface area (Å²) in [5, 5.41) is 8.62. The molecule has 0 saturated carbocycles. The monoisotopic (exact) mass is 343 g/mol. The van der Waals surface area contributed by atoms with Crippen molar-refractivity contribution in [2.24, 2.45) is 10.2 Å². The summed E-state index contributed by atoms with van der Waals surface area (Å²) in [6.07, 6.45) is 3.09. The fraction of sp³-hybridized carbons (Fsp3) is 0.235. The Morgan fingerprint density at radius 3 is 2.79 bits per heavy atom. The van der Waals surface area contributed by atoms with E-state index in [9.17, 15) is 4.79 Å². The van der Waals surface area contributed by atoms with Gasteiger partial charge in [-0.2, -0.15) is 5.10 Å². The van der Waals surface area contributed by atoms with E-state index in [0.29, 0.717) is 17.5 Å². The standard InChI is InChI=1S/C17H17N3O3S/c1-12-16(21)20(11-13-5-7-14(22-2)8-6-13)17(24-12)19-18-10-15-4-3-9-23-15/h3-10,12H,11H2,1-2H3/b18-10-,19-17+/t12-/m1/s1. The fourth-order valence-electron chi connectivity index (χ4n) is 2.22. The predicted octanol–water partition coefficient (Wildman–Crippen LogP) is 3.14. The number of benzene rings is 1. The van der Waals surface area contributed by atoms with Gasteiger partial charge in [-0.3, -0.25) is 9.69 Å². The molecule has 7 heteroatoms. The zero-order valence-corrected chi connectivity index (χ0v) is 14.2. The third kappa shape index (κ3) is 3.68. The summed E-state index contributed by atoms with van der Waals surface area (Å²) < 4.78 is 10.3. The van der Waals surface area contributed by atoms with Gasteiger partial charge in [0.1, 0.15) is 11.5 Å². The average molecular weight is 343 g/mol. The van der Waals surface area contributed by atoms with E-state index >= 15 is 0 Å². The summed E-state index contributed by atoms with van der Waals surface area (Å²) >= 11 is 1.40. The Morgan fingerprint density at radius 2 is 2.12 bits per heavy atom. The first-order valence-corrected chi connectivity index (χ1v) is 8.31. The summed E-state index contributed by atoms with van der Waals surface area (Å²) in [4.78, 5) is 14.0. The number of carbonyl (C=O) groups excluding carboxylic acids is 1. The zero-order chi connectivity index (χ0) is 16.9. The second-order valence-corrected chi connectivity index (χ2v) is 6.48. The van der Waals surface area contributed by atoms with Crippen molar-refractivity contribution in [3.63, 3.8) is 0 Å².